The van der Waals surface area contributed by atoms with Gasteiger partial charge in [-0.15, -0.1) is 0 Å². The molecule has 0 atom stereocenters. The molecule has 24 heavy (non-hydrogen) atoms. The number of anilines is 1. The van der Waals surface area contributed by atoms with Gasteiger partial charge in [-0.1, -0.05) is 16.9 Å². The third-order valence-electron chi connectivity index (χ3n) is 4.01. The number of thioether (sulfide) groups is 1. The number of aryl methyl sites for hydroxylation is 1. The van der Waals surface area contributed by atoms with E-state index in [-0.39, 0.29) is 0 Å². The van der Waals surface area contributed by atoms with Gasteiger partial charge in [0.05, 0.1) is 0 Å². The number of aromatic nitrogens is 4. The Morgan fingerprint density at radius 1 is 1.38 bits per heavy atom. The van der Waals surface area contributed by atoms with E-state index in [0.29, 0.717) is 24.2 Å². The minimum absolute atomic E-state index is 0.472. The highest BCUT2D eigenvalue weighted by Crippen LogP contribution is 2.19. The average Bonchev–Trinajstić information content (AvgIpc) is 3.04. The van der Waals surface area contributed by atoms with Gasteiger partial charge < -0.3 is 15.0 Å². The van der Waals surface area contributed by atoms with Gasteiger partial charge in [-0.2, -0.15) is 0 Å². The summed E-state index contributed by atoms with van der Waals surface area (Å²) in [6, 6.07) is 2.48. The van der Waals surface area contributed by atoms with E-state index in [9.17, 15) is 0 Å². The summed E-state index contributed by atoms with van der Waals surface area (Å²) < 4.78 is 10.1. The molecule has 9 heteroatoms. The largest absolute Gasteiger partial charge is 0.473 e. The standard InChI is InChI=1S/C15H22N6O2S/c1-11-14(20-23-19-11)22-10-7-16-12-4-8-21(9-5-12)13-3-6-17-15(18-13)24-2/h3,6,12,16H,4-5,7-10H2,1-2H3. The summed E-state index contributed by atoms with van der Waals surface area (Å²) in [5, 5.41) is 11.7. The highest BCUT2D eigenvalue weighted by molar-refractivity contribution is 7.98. The Hall–Kier alpha value is -1.87. The molecule has 0 aliphatic carbocycles. The lowest BCUT2D eigenvalue weighted by Gasteiger charge is -2.33. The van der Waals surface area contributed by atoms with E-state index in [1.54, 1.807) is 11.8 Å². The van der Waals surface area contributed by atoms with E-state index < -0.39 is 0 Å². The van der Waals surface area contributed by atoms with E-state index in [0.717, 1.165) is 43.5 Å². The SMILES string of the molecule is CSc1nccc(N2CCC(NCCOc3nonc3C)CC2)n1. The van der Waals surface area contributed by atoms with Crippen molar-refractivity contribution < 1.29 is 9.37 Å². The maximum atomic E-state index is 5.52. The summed E-state index contributed by atoms with van der Waals surface area (Å²) in [6.45, 7) is 5.13. The quantitative estimate of drug-likeness (QED) is 0.453. The molecule has 3 rings (SSSR count). The highest BCUT2D eigenvalue weighted by atomic mass is 32.2. The third kappa shape index (κ3) is 4.35. The van der Waals surface area contributed by atoms with Crippen LogP contribution in [0, 0.1) is 6.92 Å². The summed E-state index contributed by atoms with van der Waals surface area (Å²) in [7, 11) is 0. The smallest absolute Gasteiger partial charge is 0.278 e. The van der Waals surface area contributed by atoms with Gasteiger partial charge in [0.2, 0.25) is 0 Å². The first-order chi connectivity index (χ1) is 11.8. The van der Waals surface area contributed by atoms with Crippen molar-refractivity contribution in [1.29, 1.82) is 0 Å². The number of hydrogen-bond donors (Lipinski definition) is 1. The van der Waals surface area contributed by atoms with Gasteiger partial charge in [0, 0.05) is 31.9 Å². The molecule has 1 aliphatic heterocycles. The number of hydrogen-bond acceptors (Lipinski definition) is 9. The molecule has 0 aromatic carbocycles. The van der Waals surface area contributed by atoms with E-state index in [2.05, 4.69) is 35.1 Å². The molecule has 2 aromatic rings. The van der Waals surface area contributed by atoms with Crippen LogP contribution in [0.5, 0.6) is 5.88 Å². The zero-order valence-electron chi connectivity index (χ0n) is 13.9. The summed E-state index contributed by atoms with van der Waals surface area (Å²) in [5.74, 6) is 1.49. The highest BCUT2D eigenvalue weighted by Gasteiger charge is 2.20. The molecule has 0 radical (unpaired) electrons. The zero-order chi connectivity index (χ0) is 16.8. The fourth-order valence-electron chi connectivity index (χ4n) is 2.68. The Morgan fingerprint density at radius 2 is 2.21 bits per heavy atom. The number of nitrogens with zero attached hydrogens (tertiary/aromatic N) is 5. The van der Waals surface area contributed by atoms with E-state index in [1.165, 1.54) is 0 Å². The van der Waals surface area contributed by atoms with Crippen molar-refractivity contribution in [1.82, 2.24) is 25.6 Å². The average molecular weight is 350 g/mol. The van der Waals surface area contributed by atoms with E-state index in [1.807, 2.05) is 25.4 Å². The van der Waals surface area contributed by atoms with Crippen LogP contribution >= 0.6 is 11.8 Å². The predicted octanol–water partition coefficient (Wildman–Crippen LogP) is 1.53. The van der Waals surface area contributed by atoms with Crippen LogP contribution in [0.4, 0.5) is 5.82 Å². The van der Waals surface area contributed by atoms with Crippen molar-refractivity contribution >= 4 is 17.6 Å². The second-order valence-corrected chi connectivity index (χ2v) is 6.39. The van der Waals surface area contributed by atoms with Crippen LogP contribution in [-0.2, 0) is 0 Å². The number of ether oxygens (including phenoxy) is 1. The molecule has 1 N–H and O–H groups in total. The van der Waals surface area contributed by atoms with Crippen LogP contribution in [-0.4, -0.2) is 58.8 Å². The fourth-order valence-corrected chi connectivity index (χ4v) is 3.04. The first kappa shape index (κ1) is 17.0. The molecule has 1 saturated heterocycles. The van der Waals surface area contributed by atoms with Gasteiger partial charge in [0.1, 0.15) is 18.1 Å². The molecule has 0 spiro atoms. The van der Waals surface area contributed by atoms with Gasteiger partial charge in [0.15, 0.2) is 5.16 Å². The molecule has 1 aliphatic rings. The van der Waals surface area contributed by atoms with Crippen molar-refractivity contribution in [2.45, 2.75) is 31.0 Å². The van der Waals surface area contributed by atoms with E-state index >= 15 is 0 Å². The zero-order valence-corrected chi connectivity index (χ0v) is 14.8. The summed E-state index contributed by atoms with van der Waals surface area (Å²) >= 11 is 1.57. The summed E-state index contributed by atoms with van der Waals surface area (Å²) in [6.07, 6.45) is 6.00. The van der Waals surface area contributed by atoms with Crippen LogP contribution in [0.25, 0.3) is 0 Å². The number of piperidine rings is 1. The summed E-state index contributed by atoms with van der Waals surface area (Å²) in [4.78, 5) is 11.1. The Labute approximate surface area is 145 Å². The predicted molar refractivity (Wildman–Crippen MR) is 91.6 cm³/mol. The van der Waals surface area contributed by atoms with Crippen molar-refractivity contribution in [2.24, 2.45) is 0 Å². The molecule has 130 valence electrons. The number of nitrogens with one attached hydrogen (secondary N) is 1. The Morgan fingerprint density at radius 3 is 2.92 bits per heavy atom. The maximum absolute atomic E-state index is 5.52. The van der Waals surface area contributed by atoms with Crippen molar-refractivity contribution in [3.8, 4) is 5.88 Å². The molecular weight excluding hydrogens is 328 g/mol. The van der Waals surface area contributed by atoms with Crippen molar-refractivity contribution in [3.63, 3.8) is 0 Å². The summed E-state index contributed by atoms with van der Waals surface area (Å²) in [5.41, 5.74) is 0.678. The minimum Gasteiger partial charge on any atom is -0.473 e. The monoisotopic (exact) mass is 350 g/mol. The van der Waals surface area contributed by atoms with Gasteiger partial charge in [0.25, 0.3) is 5.88 Å². The van der Waals surface area contributed by atoms with Gasteiger partial charge in [-0.05, 0) is 37.2 Å². The fraction of sp³-hybridized carbons (Fsp3) is 0.600. The lowest BCUT2D eigenvalue weighted by molar-refractivity contribution is 0.249. The molecule has 0 bridgehead atoms. The second kappa shape index (κ2) is 8.29. The molecule has 2 aromatic heterocycles. The topological polar surface area (TPSA) is 89.2 Å². The van der Waals surface area contributed by atoms with Gasteiger partial charge >= 0.3 is 0 Å². The van der Waals surface area contributed by atoms with Crippen molar-refractivity contribution in [3.05, 3.63) is 18.0 Å². The van der Waals surface area contributed by atoms with Gasteiger partial charge in [-0.25, -0.2) is 14.6 Å². The van der Waals surface area contributed by atoms with Gasteiger partial charge in [-0.3, -0.25) is 0 Å². The third-order valence-corrected chi connectivity index (χ3v) is 4.57. The molecule has 0 unspecified atom stereocenters. The molecule has 8 nitrogen and oxygen atoms in total. The molecule has 0 saturated carbocycles. The molecule has 1 fully saturated rings. The van der Waals surface area contributed by atoms with Crippen molar-refractivity contribution in [2.75, 3.05) is 37.4 Å². The maximum Gasteiger partial charge on any atom is 0.278 e. The molecular formula is C15H22N6O2S. The first-order valence-corrected chi connectivity index (χ1v) is 9.26. The lowest BCUT2D eigenvalue weighted by atomic mass is 10.1. The van der Waals surface area contributed by atoms with Crippen LogP contribution < -0.4 is 15.0 Å². The van der Waals surface area contributed by atoms with Crippen LogP contribution in [0.3, 0.4) is 0 Å². The molecule has 3 heterocycles. The normalized spacial score (nSPS) is 15.7. The Kier molecular flexibility index (Phi) is 5.86. The molecule has 0 amide bonds. The Bertz CT molecular complexity index is 644. The first-order valence-electron chi connectivity index (χ1n) is 8.03. The Balaban J connectivity index is 1.38. The van der Waals surface area contributed by atoms with Crippen LogP contribution in [0.15, 0.2) is 22.0 Å². The number of rotatable bonds is 7. The van der Waals surface area contributed by atoms with Crippen LogP contribution in [0.2, 0.25) is 0 Å². The van der Waals surface area contributed by atoms with E-state index in [4.69, 9.17) is 4.74 Å². The minimum atomic E-state index is 0.472. The second-order valence-electron chi connectivity index (χ2n) is 5.62. The van der Waals surface area contributed by atoms with Crippen LogP contribution in [0.1, 0.15) is 18.5 Å². The lowest BCUT2D eigenvalue weighted by Crippen LogP contribution is -2.44.